The second-order valence-corrected chi connectivity index (χ2v) is 5.28. The van der Waals surface area contributed by atoms with Crippen molar-refractivity contribution in [2.45, 2.75) is 6.18 Å². The number of carbonyl (C=O) groups is 1. The molecule has 1 amide bonds. The number of hydrogen-bond acceptors (Lipinski definition) is 1. The summed E-state index contributed by atoms with van der Waals surface area (Å²) in [6.07, 6.45) is -2.86. The first kappa shape index (κ1) is 15.4. The highest BCUT2D eigenvalue weighted by Crippen LogP contribution is 2.36. The first-order valence-electron chi connectivity index (χ1n) is 6.60. The molecule has 7 heteroatoms. The largest absolute Gasteiger partial charge is 0.417 e. The van der Waals surface area contributed by atoms with Crippen molar-refractivity contribution in [2.24, 2.45) is 0 Å². The summed E-state index contributed by atoms with van der Waals surface area (Å²) >= 11 is 5.75. The van der Waals surface area contributed by atoms with Gasteiger partial charge in [0.25, 0.3) is 5.91 Å². The second kappa shape index (κ2) is 5.62. The molecule has 0 saturated heterocycles. The van der Waals surface area contributed by atoms with Crippen molar-refractivity contribution in [2.75, 3.05) is 5.32 Å². The van der Waals surface area contributed by atoms with Crippen molar-refractivity contribution in [3.8, 4) is 0 Å². The summed E-state index contributed by atoms with van der Waals surface area (Å²) in [6.45, 7) is 0. The van der Waals surface area contributed by atoms with Crippen LogP contribution in [0.4, 0.5) is 18.9 Å². The number of aromatic nitrogens is 1. The molecule has 3 nitrogen and oxygen atoms in total. The van der Waals surface area contributed by atoms with Gasteiger partial charge in [0, 0.05) is 17.4 Å². The number of nitrogens with one attached hydrogen (secondary N) is 2. The predicted molar refractivity (Wildman–Crippen MR) is 82.7 cm³/mol. The Morgan fingerprint density at radius 2 is 1.91 bits per heavy atom. The van der Waals surface area contributed by atoms with E-state index in [9.17, 15) is 18.0 Å². The van der Waals surface area contributed by atoms with Gasteiger partial charge >= 0.3 is 6.18 Å². The lowest BCUT2D eigenvalue weighted by Gasteiger charge is -2.12. The van der Waals surface area contributed by atoms with Crippen LogP contribution in [0.3, 0.4) is 0 Å². The first-order chi connectivity index (χ1) is 10.9. The molecule has 2 aromatic carbocycles. The summed E-state index contributed by atoms with van der Waals surface area (Å²) < 4.78 is 38.5. The van der Waals surface area contributed by atoms with E-state index >= 15 is 0 Å². The van der Waals surface area contributed by atoms with Gasteiger partial charge in [-0.3, -0.25) is 4.79 Å². The topological polar surface area (TPSA) is 44.9 Å². The minimum atomic E-state index is -4.61. The molecule has 118 valence electrons. The monoisotopic (exact) mass is 338 g/mol. The molecule has 1 heterocycles. The third-order valence-electron chi connectivity index (χ3n) is 3.36. The van der Waals surface area contributed by atoms with E-state index in [0.717, 1.165) is 23.0 Å². The fraction of sp³-hybridized carbons (Fsp3) is 0.0625. The maximum Gasteiger partial charge on any atom is 0.417 e. The summed E-state index contributed by atoms with van der Waals surface area (Å²) in [4.78, 5) is 15.2. The van der Waals surface area contributed by atoms with Gasteiger partial charge < -0.3 is 10.3 Å². The lowest BCUT2D eigenvalue weighted by molar-refractivity contribution is -0.137. The first-order valence-corrected chi connectivity index (χ1v) is 6.98. The second-order valence-electron chi connectivity index (χ2n) is 4.90. The van der Waals surface area contributed by atoms with Gasteiger partial charge in [0.2, 0.25) is 0 Å². The van der Waals surface area contributed by atoms with E-state index < -0.39 is 22.7 Å². The zero-order valence-electron chi connectivity index (χ0n) is 11.5. The fourth-order valence-corrected chi connectivity index (χ4v) is 2.57. The molecule has 0 saturated carbocycles. The predicted octanol–water partition coefficient (Wildman–Crippen LogP) is 5.09. The van der Waals surface area contributed by atoms with Crippen LogP contribution in [0.2, 0.25) is 5.02 Å². The number of rotatable bonds is 2. The highest BCUT2D eigenvalue weighted by Gasteiger charge is 2.34. The Morgan fingerprint density at radius 3 is 2.65 bits per heavy atom. The maximum atomic E-state index is 12.8. The van der Waals surface area contributed by atoms with Crippen LogP contribution in [0, 0.1) is 0 Å². The minimum Gasteiger partial charge on any atom is -0.361 e. The van der Waals surface area contributed by atoms with E-state index in [1.165, 1.54) is 6.07 Å². The highest BCUT2D eigenvalue weighted by molar-refractivity contribution is 6.35. The van der Waals surface area contributed by atoms with E-state index in [-0.39, 0.29) is 5.56 Å². The van der Waals surface area contributed by atoms with Crippen LogP contribution in [0.25, 0.3) is 10.9 Å². The summed E-state index contributed by atoms with van der Waals surface area (Å²) in [5.41, 5.74) is -0.00363. The molecule has 1 aromatic heterocycles. The van der Waals surface area contributed by atoms with Gasteiger partial charge in [-0.05, 0) is 35.7 Å². The van der Waals surface area contributed by atoms with E-state index in [0.29, 0.717) is 5.69 Å². The van der Waals surface area contributed by atoms with Gasteiger partial charge in [-0.2, -0.15) is 13.2 Å². The number of benzene rings is 2. The molecular weight excluding hydrogens is 329 g/mol. The molecule has 0 spiro atoms. The van der Waals surface area contributed by atoms with Crippen molar-refractivity contribution >= 4 is 34.1 Å². The van der Waals surface area contributed by atoms with Crippen molar-refractivity contribution in [3.05, 3.63) is 64.8 Å². The summed E-state index contributed by atoms with van der Waals surface area (Å²) in [7, 11) is 0. The molecule has 0 atom stereocenters. The number of H-pyrrole nitrogens is 1. The van der Waals surface area contributed by atoms with E-state index in [1.807, 2.05) is 6.07 Å². The molecular formula is C16H10ClF3N2O. The molecule has 3 aromatic rings. The molecule has 0 fully saturated rings. The molecule has 0 aliphatic heterocycles. The lowest BCUT2D eigenvalue weighted by Crippen LogP contribution is -2.15. The van der Waals surface area contributed by atoms with Crippen LogP contribution < -0.4 is 5.32 Å². The number of amides is 1. The average Bonchev–Trinajstić information content (AvgIpc) is 2.93. The van der Waals surface area contributed by atoms with Crippen molar-refractivity contribution < 1.29 is 18.0 Å². The number of hydrogen-bond donors (Lipinski definition) is 2. The van der Waals surface area contributed by atoms with Crippen LogP contribution in [0.5, 0.6) is 0 Å². The van der Waals surface area contributed by atoms with Crippen molar-refractivity contribution in [1.82, 2.24) is 4.98 Å². The average molecular weight is 339 g/mol. The van der Waals surface area contributed by atoms with Crippen molar-refractivity contribution in [1.29, 1.82) is 0 Å². The summed E-state index contributed by atoms with van der Waals surface area (Å²) in [5.74, 6) is -0.702. The number of halogens is 4. The summed E-state index contributed by atoms with van der Waals surface area (Å²) in [6, 6.07) is 10.2. The molecule has 3 rings (SSSR count). The highest BCUT2D eigenvalue weighted by atomic mass is 35.5. The molecule has 0 aliphatic carbocycles. The Balaban J connectivity index is 1.91. The van der Waals surface area contributed by atoms with Crippen LogP contribution in [0.15, 0.2) is 48.7 Å². The van der Waals surface area contributed by atoms with Crippen LogP contribution in [0.1, 0.15) is 15.9 Å². The lowest BCUT2D eigenvalue weighted by atomic mass is 10.1. The minimum absolute atomic E-state index is 0.229. The number of fused-ring (bicyclic) bond motifs is 1. The fourth-order valence-electron chi connectivity index (χ4n) is 2.25. The van der Waals surface area contributed by atoms with E-state index in [2.05, 4.69) is 10.3 Å². The number of aromatic amines is 1. The van der Waals surface area contributed by atoms with Gasteiger partial charge in [-0.15, -0.1) is 0 Å². The Morgan fingerprint density at radius 1 is 1.13 bits per heavy atom. The molecule has 0 unspecified atom stereocenters. The third-order valence-corrected chi connectivity index (χ3v) is 3.77. The quantitative estimate of drug-likeness (QED) is 0.671. The SMILES string of the molecule is O=C(Nc1ccc2cc[nH]c2c1)c1cccc(C(F)(F)F)c1Cl. The molecule has 0 aliphatic rings. The van der Waals surface area contributed by atoms with Gasteiger partial charge in [0.1, 0.15) is 0 Å². The van der Waals surface area contributed by atoms with E-state index in [1.54, 1.807) is 24.4 Å². The van der Waals surface area contributed by atoms with E-state index in [4.69, 9.17) is 11.6 Å². The summed E-state index contributed by atoms with van der Waals surface area (Å²) in [5, 5.41) is 2.89. The Bertz CT molecular complexity index is 886. The third kappa shape index (κ3) is 3.03. The zero-order chi connectivity index (χ0) is 16.6. The number of alkyl halides is 3. The van der Waals surface area contributed by atoms with Gasteiger partial charge in [-0.25, -0.2) is 0 Å². The number of carbonyl (C=O) groups excluding carboxylic acids is 1. The zero-order valence-corrected chi connectivity index (χ0v) is 12.3. The molecule has 2 N–H and O–H groups in total. The molecule has 0 radical (unpaired) electrons. The maximum absolute atomic E-state index is 12.8. The standard InChI is InChI=1S/C16H10ClF3N2O/c17-14-11(2-1-3-12(14)16(18,19)20)15(23)22-10-5-4-9-6-7-21-13(9)8-10/h1-8,21H,(H,22,23). The van der Waals surface area contributed by atoms with Crippen LogP contribution in [-0.4, -0.2) is 10.9 Å². The Labute approximate surface area is 134 Å². The Hall–Kier alpha value is -2.47. The number of anilines is 1. The molecule has 23 heavy (non-hydrogen) atoms. The van der Waals surface area contributed by atoms with Gasteiger partial charge in [-0.1, -0.05) is 23.7 Å². The Kier molecular flexibility index (Phi) is 3.77. The smallest absolute Gasteiger partial charge is 0.361 e. The molecule has 0 bridgehead atoms. The normalized spacial score (nSPS) is 11.7. The van der Waals surface area contributed by atoms with Crippen LogP contribution >= 0.6 is 11.6 Å². The van der Waals surface area contributed by atoms with Gasteiger partial charge in [0.05, 0.1) is 16.1 Å². The van der Waals surface area contributed by atoms with Crippen LogP contribution in [-0.2, 0) is 6.18 Å². The van der Waals surface area contributed by atoms with Crippen molar-refractivity contribution in [3.63, 3.8) is 0 Å². The van der Waals surface area contributed by atoms with Gasteiger partial charge in [0.15, 0.2) is 0 Å².